The van der Waals surface area contributed by atoms with Crippen molar-refractivity contribution < 1.29 is 29.6 Å². The Hall–Kier alpha value is -8.84. The van der Waals surface area contributed by atoms with Crippen LogP contribution in [-0.4, -0.2) is 24.6 Å². The monoisotopic (exact) mass is 1220 g/mol. The molecule has 0 fully saturated rings. The van der Waals surface area contributed by atoms with Crippen LogP contribution in [0.15, 0.2) is 253 Å². The average Bonchev–Trinajstić information content (AvgIpc) is 4.29. The van der Waals surface area contributed by atoms with Crippen LogP contribution < -0.4 is 0 Å². The zero-order valence-electron chi connectivity index (χ0n) is 45.0. The molecule has 1 atom stereocenters. The molecule has 0 saturated heterocycles. The van der Waals surface area contributed by atoms with Crippen molar-refractivity contribution in [2.75, 3.05) is 0 Å². The van der Waals surface area contributed by atoms with Crippen molar-refractivity contribution >= 4 is 33.0 Å². The van der Waals surface area contributed by atoms with E-state index in [0.717, 1.165) is 78.0 Å². The molecule has 6 nitrogen and oxygen atoms in total. The molecule has 80 heavy (non-hydrogen) atoms. The van der Waals surface area contributed by atoms with Crippen LogP contribution in [0.3, 0.4) is 0 Å². The number of nitrogens with zero attached hydrogens (tertiary/aromatic N) is 4. The molecule has 0 saturated carbocycles. The molecule has 7 heteroatoms. The van der Waals surface area contributed by atoms with Crippen LogP contribution in [0.4, 0.5) is 0 Å². The fourth-order valence-electron chi connectivity index (χ4n) is 10.8. The molecule has 1 unspecified atom stereocenters. The van der Waals surface area contributed by atoms with Crippen LogP contribution in [0.5, 0.6) is 0 Å². The van der Waals surface area contributed by atoms with Gasteiger partial charge in [0.15, 0.2) is 0 Å². The van der Waals surface area contributed by atoms with Gasteiger partial charge in [-0.2, -0.15) is 0 Å². The molecule has 4 aromatic heterocycles. The number of furan rings is 1. The normalized spacial score (nSPS) is 12.1. The van der Waals surface area contributed by atoms with Gasteiger partial charge in [-0.3, -0.25) is 9.97 Å². The number of fused-ring (bicyclic) bond motifs is 4. The van der Waals surface area contributed by atoms with E-state index >= 15 is 0 Å². The topological polar surface area (TPSA) is 77.0 Å². The minimum Gasteiger partial charge on any atom is -0.501 e. The average molecular weight is 1220 g/mol. The van der Waals surface area contributed by atoms with Crippen molar-refractivity contribution in [2.45, 2.75) is 51.6 Å². The number of benzene rings is 9. The predicted molar refractivity (Wildman–Crippen MR) is 323 cm³/mol. The summed E-state index contributed by atoms with van der Waals surface area (Å²) < 4.78 is 9.19. The Morgan fingerprint density at radius 2 is 1.10 bits per heavy atom. The SMILES string of the molecule is CC(C)c1cc(-c2ccc(-c3ccccc3)cc2)cc(C(C)C)c1-n1c(-c2[c-]c(CC(O)(c3ccc(-c4ccccc4)cc3)c3ccccn3)cc3c2oc2ccccc23)nc2ccccc21.[Ir].[c-]1ccccc1-c1ccccn1. The van der Waals surface area contributed by atoms with Crippen LogP contribution in [0, 0.1) is 12.1 Å². The van der Waals surface area contributed by atoms with Crippen LogP contribution >= 0.6 is 0 Å². The van der Waals surface area contributed by atoms with Gasteiger partial charge in [-0.15, -0.1) is 53.6 Å². The van der Waals surface area contributed by atoms with Gasteiger partial charge in [0.2, 0.25) is 0 Å². The maximum Gasteiger partial charge on any atom is 0.134 e. The van der Waals surface area contributed by atoms with Gasteiger partial charge in [-0.05, 0) is 123 Å². The second-order valence-corrected chi connectivity index (χ2v) is 20.7. The van der Waals surface area contributed by atoms with Crippen molar-refractivity contribution in [3.05, 3.63) is 289 Å². The molecule has 0 spiro atoms. The molecule has 0 bridgehead atoms. The van der Waals surface area contributed by atoms with Crippen molar-refractivity contribution in [2.24, 2.45) is 0 Å². The first-order valence-corrected chi connectivity index (χ1v) is 27.1. The molecule has 13 rings (SSSR count). The summed E-state index contributed by atoms with van der Waals surface area (Å²) in [5, 5.41) is 15.1. The zero-order valence-corrected chi connectivity index (χ0v) is 47.4. The number of pyridine rings is 2. The molecular formula is C73H58IrN4O2-2. The number of hydrogen-bond donors (Lipinski definition) is 1. The minimum absolute atomic E-state index is 0. The second kappa shape index (κ2) is 23.2. The Kier molecular flexibility index (Phi) is 15.4. The van der Waals surface area contributed by atoms with E-state index in [9.17, 15) is 5.11 Å². The standard InChI is InChI=1S/C62H50N3O2.C11H8N.Ir/c1-40(2)51-37-48(47-28-26-45(27-29-47)43-17-7-5-8-18-43)38-52(41(3)4)59(51)65-56-23-13-12-22-55(56)64-61(65)54-36-42(35-53-50-21-11-14-24-57(50)67-60(53)54)39-62(66,58-25-15-16-34-63-58)49-32-30-46(31-33-49)44-19-9-6-10-20-44;1-2-6-10(7-3-1)11-8-4-5-9-12-11;/h5-35,37-38,40-41,66H,39H2,1-4H3;1-6,8-9H;/q2*-1;. The van der Waals surface area contributed by atoms with Gasteiger partial charge < -0.3 is 19.1 Å². The van der Waals surface area contributed by atoms with Gasteiger partial charge in [0.05, 0.1) is 28.1 Å². The van der Waals surface area contributed by atoms with Crippen molar-refractivity contribution in [1.82, 2.24) is 19.5 Å². The van der Waals surface area contributed by atoms with Gasteiger partial charge in [-0.25, -0.2) is 0 Å². The molecule has 0 amide bonds. The molecule has 9 aromatic carbocycles. The van der Waals surface area contributed by atoms with Gasteiger partial charge >= 0.3 is 0 Å². The summed E-state index contributed by atoms with van der Waals surface area (Å²) in [6.45, 7) is 9.11. The van der Waals surface area contributed by atoms with Crippen LogP contribution in [-0.2, 0) is 32.1 Å². The third-order valence-electron chi connectivity index (χ3n) is 14.9. The molecule has 0 aliphatic heterocycles. The van der Waals surface area contributed by atoms with E-state index in [1.807, 2.05) is 115 Å². The van der Waals surface area contributed by atoms with Crippen molar-refractivity contribution in [3.63, 3.8) is 0 Å². The third-order valence-corrected chi connectivity index (χ3v) is 14.9. The van der Waals surface area contributed by atoms with E-state index in [0.29, 0.717) is 11.3 Å². The Balaban J connectivity index is 0.000000459. The molecule has 393 valence electrons. The fourth-order valence-corrected chi connectivity index (χ4v) is 10.8. The Labute approximate surface area is 481 Å². The summed E-state index contributed by atoms with van der Waals surface area (Å²) in [5.41, 5.74) is 17.2. The summed E-state index contributed by atoms with van der Waals surface area (Å²) in [4.78, 5) is 14.5. The van der Waals surface area contributed by atoms with Crippen molar-refractivity contribution in [1.29, 1.82) is 0 Å². The fraction of sp³-hybridized carbons (Fsp3) is 0.110. The summed E-state index contributed by atoms with van der Waals surface area (Å²) in [7, 11) is 0. The molecule has 1 N–H and O–H groups in total. The smallest absolute Gasteiger partial charge is 0.134 e. The van der Waals surface area contributed by atoms with Crippen LogP contribution in [0.25, 0.3) is 94.7 Å². The van der Waals surface area contributed by atoms with E-state index in [-0.39, 0.29) is 38.4 Å². The Bertz CT molecular complexity index is 4130. The van der Waals surface area contributed by atoms with Gasteiger partial charge in [0, 0.05) is 43.6 Å². The number of hydrogen-bond acceptors (Lipinski definition) is 5. The summed E-state index contributed by atoms with van der Waals surface area (Å²) >= 11 is 0. The Morgan fingerprint density at radius 1 is 0.537 bits per heavy atom. The van der Waals surface area contributed by atoms with Gasteiger partial charge in [0.25, 0.3) is 0 Å². The first kappa shape index (κ1) is 53.2. The predicted octanol–water partition coefficient (Wildman–Crippen LogP) is 18.1. The summed E-state index contributed by atoms with van der Waals surface area (Å²) in [5.74, 6) is 1.07. The maximum absolute atomic E-state index is 13.2. The first-order chi connectivity index (χ1) is 38.7. The van der Waals surface area contributed by atoms with Crippen molar-refractivity contribution in [3.8, 4) is 61.7 Å². The van der Waals surface area contributed by atoms with E-state index < -0.39 is 5.60 Å². The number of aliphatic hydroxyl groups is 1. The molecule has 0 aliphatic rings. The number of rotatable bonds is 12. The summed E-state index contributed by atoms with van der Waals surface area (Å²) in [6, 6.07) is 87.7. The maximum atomic E-state index is 13.2. The molecular weight excluding hydrogens is 1160 g/mol. The number of imidazole rings is 1. The Morgan fingerprint density at radius 3 is 1.71 bits per heavy atom. The van der Waals surface area contributed by atoms with Crippen LogP contribution in [0.2, 0.25) is 0 Å². The van der Waals surface area contributed by atoms with E-state index in [2.05, 4.69) is 171 Å². The van der Waals surface area contributed by atoms with E-state index in [1.54, 1.807) is 12.4 Å². The molecule has 4 heterocycles. The van der Waals surface area contributed by atoms with E-state index in [4.69, 9.17) is 14.4 Å². The number of para-hydroxylation sites is 3. The van der Waals surface area contributed by atoms with Gasteiger partial charge in [-0.1, -0.05) is 196 Å². The van der Waals surface area contributed by atoms with Gasteiger partial charge in [0.1, 0.15) is 11.2 Å². The molecule has 13 aromatic rings. The quantitative estimate of drug-likeness (QED) is 0.123. The second-order valence-electron chi connectivity index (χ2n) is 20.7. The van der Waals surface area contributed by atoms with E-state index in [1.165, 1.54) is 33.4 Å². The zero-order chi connectivity index (χ0) is 53.9. The molecule has 1 radical (unpaired) electrons. The third kappa shape index (κ3) is 10.6. The minimum atomic E-state index is -1.50. The largest absolute Gasteiger partial charge is 0.501 e. The summed E-state index contributed by atoms with van der Waals surface area (Å²) in [6.07, 6.45) is 3.73. The number of aromatic nitrogens is 4. The van der Waals surface area contributed by atoms with Crippen LogP contribution in [0.1, 0.15) is 67.5 Å². The molecule has 0 aliphatic carbocycles. The first-order valence-electron chi connectivity index (χ1n) is 27.1.